The van der Waals surface area contributed by atoms with Gasteiger partial charge in [-0.15, -0.1) is 0 Å². The van der Waals surface area contributed by atoms with E-state index in [9.17, 15) is 19.2 Å². The summed E-state index contributed by atoms with van der Waals surface area (Å²) < 4.78 is 0. The number of carboxylic acid groups (broad SMARTS) is 1. The van der Waals surface area contributed by atoms with E-state index in [4.69, 9.17) is 5.11 Å². The van der Waals surface area contributed by atoms with E-state index in [1.54, 1.807) is 6.92 Å². The minimum atomic E-state index is -0.900. The molecular formula is C19H32N2O5. The van der Waals surface area contributed by atoms with Crippen LogP contribution in [0.4, 0.5) is 0 Å². The lowest BCUT2D eigenvalue weighted by Gasteiger charge is -2.27. The van der Waals surface area contributed by atoms with E-state index in [2.05, 4.69) is 17.6 Å². The van der Waals surface area contributed by atoms with Crippen molar-refractivity contribution in [3.63, 3.8) is 0 Å². The molecular weight excluding hydrogens is 336 g/mol. The zero-order valence-corrected chi connectivity index (χ0v) is 15.8. The van der Waals surface area contributed by atoms with E-state index in [-0.39, 0.29) is 43.0 Å². The Morgan fingerprint density at radius 3 is 2.27 bits per heavy atom. The van der Waals surface area contributed by atoms with E-state index < -0.39 is 12.0 Å². The first-order valence-corrected chi connectivity index (χ1v) is 9.62. The number of carbonyl (C=O) groups excluding carboxylic acids is 3. The summed E-state index contributed by atoms with van der Waals surface area (Å²) in [5.74, 6) is -0.569. The number of hydrogen-bond acceptors (Lipinski definition) is 4. The molecule has 148 valence electrons. The average Bonchev–Trinajstić information content (AvgIpc) is 2.63. The zero-order valence-electron chi connectivity index (χ0n) is 15.8. The summed E-state index contributed by atoms with van der Waals surface area (Å²) in [6.07, 6.45) is 6.36. The molecule has 3 N–H and O–H groups in total. The van der Waals surface area contributed by atoms with Gasteiger partial charge in [0.1, 0.15) is 6.29 Å². The first-order chi connectivity index (χ1) is 12.3. The number of aliphatic carboxylic acids is 1. The highest BCUT2D eigenvalue weighted by Crippen LogP contribution is 2.30. The average molecular weight is 368 g/mol. The number of aldehydes is 1. The highest BCUT2D eigenvalue weighted by molar-refractivity contribution is 5.82. The Morgan fingerprint density at radius 1 is 1.08 bits per heavy atom. The van der Waals surface area contributed by atoms with Gasteiger partial charge in [-0.25, -0.2) is 0 Å². The minimum Gasteiger partial charge on any atom is -0.481 e. The lowest BCUT2D eigenvalue weighted by molar-refractivity contribution is -0.137. The van der Waals surface area contributed by atoms with Crippen molar-refractivity contribution in [2.75, 3.05) is 0 Å². The molecule has 2 amide bonds. The molecule has 0 radical (unpaired) electrons. The Hall–Kier alpha value is -1.92. The monoisotopic (exact) mass is 368 g/mol. The molecule has 1 saturated carbocycles. The lowest BCUT2D eigenvalue weighted by atomic mass is 9.80. The molecule has 0 heterocycles. The fraction of sp³-hybridized carbons (Fsp3) is 0.789. The third kappa shape index (κ3) is 8.45. The van der Waals surface area contributed by atoms with Gasteiger partial charge >= 0.3 is 5.97 Å². The maximum Gasteiger partial charge on any atom is 0.303 e. The highest BCUT2D eigenvalue weighted by atomic mass is 16.4. The molecule has 26 heavy (non-hydrogen) atoms. The molecule has 2 unspecified atom stereocenters. The number of hydrogen-bond donors (Lipinski definition) is 3. The molecule has 0 aliphatic heterocycles. The summed E-state index contributed by atoms with van der Waals surface area (Å²) in [4.78, 5) is 45.9. The highest BCUT2D eigenvalue weighted by Gasteiger charge is 2.27. The van der Waals surface area contributed by atoms with Gasteiger partial charge in [0.15, 0.2) is 0 Å². The van der Waals surface area contributed by atoms with Gasteiger partial charge in [0.2, 0.25) is 11.8 Å². The summed E-state index contributed by atoms with van der Waals surface area (Å²) in [6.45, 7) is 3.91. The first kappa shape index (κ1) is 22.1. The van der Waals surface area contributed by atoms with Crippen LogP contribution in [-0.4, -0.2) is 41.3 Å². The maximum absolute atomic E-state index is 12.3. The van der Waals surface area contributed by atoms with Gasteiger partial charge in [-0.1, -0.05) is 13.3 Å². The van der Waals surface area contributed by atoms with Crippen LogP contribution in [0.25, 0.3) is 0 Å². The quantitative estimate of drug-likeness (QED) is 0.483. The van der Waals surface area contributed by atoms with Crippen molar-refractivity contribution in [2.45, 2.75) is 83.7 Å². The summed E-state index contributed by atoms with van der Waals surface area (Å²) in [6, 6.07) is -0.900. The molecule has 7 heteroatoms. The Bertz CT molecular complexity index is 486. The Labute approximate surface area is 155 Å². The summed E-state index contributed by atoms with van der Waals surface area (Å²) in [7, 11) is 0. The first-order valence-electron chi connectivity index (χ1n) is 9.62. The number of amides is 2. The van der Waals surface area contributed by atoms with Gasteiger partial charge in [-0.05, 0) is 51.4 Å². The van der Waals surface area contributed by atoms with Crippen LogP contribution in [0.2, 0.25) is 0 Å². The molecule has 0 spiro atoms. The Morgan fingerprint density at radius 2 is 1.73 bits per heavy atom. The standard InChI is InChI=1S/C19H32N2O5/c1-3-14-5-7-15(8-6-14)19(26)21-16(12-22)9-10-17(23)20-13(2)4-11-18(24)25/h12-16H,3-11H2,1-2H3,(H,20,23)(H,21,26)(H,24,25). The fourth-order valence-corrected chi connectivity index (χ4v) is 3.35. The topological polar surface area (TPSA) is 113 Å². The van der Waals surface area contributed by atoms with E-state index in [0.717, 1.165) is 32.1 Å². The Balaban J connectivity index is 2.31. The lowest BCUT2D eigenvalue weighted by Crippen LogP contribution is -2.42. The second-order valence-electron chi connectivity index (χ2n) is 7.32. The van der Waals surface area contributed by atoms with Crippen LogP contribution in [0.3, 0.4) is 0 Å². The molecule has 1 rings (SSSR count). The predicted octanol–water partition coefficient (Wildman–Crippen LogP) is 2.04. The molecule has 0 aromatic heterocycles. The van der Waals surface area contributed by atoms with Gasteiger partial charge in [0.05, 0.1) is 6.04 Å². The van der Waals surface area contributed by atoms with Crippen LogP contribution in [0, 0.1) is 11.8 Å². The molecule has 7 nitrogen and oxygen atoms in total. The molecule has 0 bridgehead atoms. The number of rotatable bonds is 11. The number of nitrogens with one attached hydrogen (secondary N) is 2. The van der Waals surface area contributed by atoms with E-state index in [0.29, 0.717) is 18.6 Å². The van der Waals surface area contributed by atoms with E-state index in [1.807, 2.05) is 0 Å². The van der Waals surface area contributed by atoms with Crippen molar-refractivity contribution in [2.24, 2.45) is 11.8 Å². The van der Waals surface area contributed by atoms with Gasteiger partial charge in [-0.3, -0.25) is 14.4 Å². The maximum atomic E-state index is 12.3. The van der Waals surface area contributed by atoms with Crippen LogP contribution in [0.5, 0.6) is 0 Å². The van der Waals surface area contributed by atoms with Crippen LogP contribution in [0.15, 0.2) is 0 Å². The summed E-state index contributed by atoms with van der Waals surface area (Å²) in [5.41, 5.74) is 0. The van der Waals surface area contributed by atoms with Crippen LogP contribution >= 0.6 is 0 Å². The van der Waals surface area contributed by atoms with Crippen molar-refractivity contribution in [3.8, 4) is 0 Å². The second kappa shape index (κ2) is 11.6. The van der Waals surface area contributed by atoms with Crippen molar-refractivity contribution in [1.82, 2.24) is 10.6 Å². The molecule has 1 aliphatic rings. The van der Waals surface area contributed by atoms with E-state index >= 15 is 0 Å². The summed E-state index contributed by atoms with van der Waals surface area (Å²) in [5, 5.41) is 14.1. The van der Waals surface area contributed by atoms with Gasteiger partial charge in [0.25, 0.3) is 0 Å². The normalized spacial score (nSPS) is 22.1. The predicted molar refractivity (Wildman–Crippen MR) is 97.4 cm³/mol. The summed E-state index contributed by atoms with van der Waals surface area (Å²) >= 11 is 0. The zero-order chi connectivity index (χ0) is 19.5. The van der Waals surface area contributed by atoms with Crippen LogP contribution < -0.4 is 10.6 Å². The SMILES string of the molecule is CCC1CCC(C(=O)NC(C=O)CCC(=O)NC(C)CCC(=O)O)CC1. The van der Waals surface area contributed by atoms with Crippen LogP contribution in [-0.2, 0) is 19.2 Å². The van der Waals surface area contributed by atoms with Gasteiger partial charge < -0.3 is 20.5 Å². The molecule has 0 saturated heterocycles. The third-order valence-electron chi connectivity index (χ3n) is 5.17. The number of carboxylic acids is 1. The van der Waals surface area contributed by atoms with Crippen LogP contribution in [0.1, 0.15) is 71.6 Å². The van der Waals surface area contributed by atoms with Crippen molar-refractivity contribution in [1.29, 1.82) is 0 Å². The smallest absolute Gasteiger partial charge is 0.303 e. The Kier molecular flexibility index (Phi) is 9.91. The number of carbonyl (C=O) groups is 4. The van der Waals surface area contributed by atoms with Gasteiger partial charge in [-0.2, -0.15) is 0 Å². The molecule has 2 atom stereocenters. The second-order valence-corrected chi connectivity index (χ2v) is 7.32. The van der Waals surface area contributed by atoms with Crippen molar-refractivity contribution >= 4 is 24.1 Å². The molecule has 1 fully saturated rings. The fourth-order valence-electron chi connectivity index (χ4n) is 3.35. The third-order valence-corrected chi connectivity index (χ3v) is 5.17. The molecule has 0 aromatic carbocycles. The van der Waals surface area contributed by atoms with E-state index in [1.165, 1.54) is 0 Å². The molecule has 0 aromatic rings. The molecule has 1 aliphatic carbocycles. The minimum absolute atomic E-state index is 0.00521. The van der Waals surface area contributed by atoms with Gasteiger partial charge in [0, 0.05) is 24.8 Å². The largest absolute Gasteiger partial charge is 0.481 e. The van der Waals surface area contributed by atoms with Crippen molar-refractivity contribution < 1.29 is 24.3 Å². The van der Waals surface area contributed by atoms with Crippen molar-refractivity contribution in [3.05, 3.63) is 0 Å².